The molecule has 0 saturated heterocycles. The molecular formula is C11H16FN3O. The zero-order valence-corrected chi connectivity index (χ0v) is 9.46. The number of hydrogen-bond acceptors (Lipinski definition) is 2. The Morgan fingerprint density at radius 3 is 2.56 bits per heavy atom. The van der Waals surface area contributed by atoms with Crippen LogP contribution in [0.25, 0.3) is 0 Å². The largest absolute Gasteiger partial charge is 0.399 e. The molecule has 88 valence electrons. The van der Waals surface area contributed by atoms with Gasteiger partial charge in [-0.05, 0) is 32.0 Å². The van der Waals surface area contributed by atoms with Gasteiger partial charge in [-0.1, -0.05) is 0 Å². The summed E-state index contributed by atoms with van der Waals surface area (Å²) in [5.74, 6) is -0.527. The molecule has 0 unspecified atom stereocenters. The van der Waals surface area contributed by atoms with E-state index in [9.17, 15) is 9.18 Å². The van der Waals surface area contributed by atoms with Crippen LogP contribution >= 0.6 is 0 Å². The van der Waals surface area contributed by atoms with Gasteiger partial charge in [0.05, 0.1) is 5.69 Å². The minimum Gasteiger partial charge on any atom is -0.399 e. The van der Waals surface area contributed by atoms with Crippen LogP contribution in [-0.4, -0.2) is 24.0 Å². The molecule has 0 aliphatic heterocycles. The molecule has 0 aromatic heterocycles. The molecule has 1 aromatic rings. The third-order valence-electron chi connectivity index (χ3n) is 2.29. The molecule has 0 saturated carbocycles. The number of urea groups is 1. The van der Waals surface area contributed by atoms with Crippen molar-refractivity contribution in [3.8, 4) is 0 Å². The van der Waals surface area contributed by atoms with Gasteiger partial charge in [0, 0.05) is 18.8 Å². The van der Waals surface area contributed by atoms with Crippen molar-refractivity contribution in [3.05, 3.63) is 24.0 Å². The molecule has 5 heteroatoms. The molecule has 16 heavy (non-hydrogen) atoms. The van der Waals surface area contributed by atoms with Crippen molar-refractivity contribution in [2.45, 2.75) is 13.8 Å². The van der Waals surface area contributed by atoms with Gasteiger partial charge in [-0.3, -0.25) is 0 Å². The van der Waals surface area contributed by atoms with Gasteiger partial charge >= 0.3 is 6.03 Å². The molecule has 0 fully saturated rings. The molecule has 2 amide bonds. The second-order valence-electron chi connectivity index (χ2n) is 3.34. The highest BCUT2D eigenvalue weighted by atomic mass is 19.1. The average Bonchev–Trinajstić information content (AvgIpc) is 2.24. The highest BCUT2D eigenvalue weighted by Gasteiger charge is 2.11. The van der Waals surface area contributed by atoms with Crippen molar-refractivity contribution in [3.63, 3.8) is 0 Å². The van der Waals surface area contributed by atoms with Gasteiger partial charge in [-0.15, -0.1) is 0 Å². The fourth-order valence-corrected chi connectivity index (χ4v) is 1.34. The Bertz CT molecular complexity index is 377. The SMILES string of the molecule is CCN(CC)C(=O)Nc1ccc(N)cc1F. The Morgan fingerprint density at radius 2 is 2.06 bits per heavy atom. The van der Waals surface area contributed by atoms with Gasteiger partial charge in [-0.2, -0.15) is 0 Å². The first-order valence-corrected chi connectivity index (χ1v) is 5.19. The van der Waals surface area contributed by atoms with Crippen LogP contribution in [0.4, 0.5) is 20.6 Å². The quantitative estimate of drug-likeness (QED) is 0.775. The second-order valence-corrected chi connectivity index (χ2v) is 3.34. The van der Waals surface area contributed by atoms with Gasteiger partial charge in [0.15, 0.2) is 0 Å². The van der Waals surface area contributed by atoms with E-state index in [2.05, 4.69) is 5.32 Å². The maximum atomic E-state index is 13.4. The highest BCUT2D eigenvalue weighted by molar-refractivity contribution is 5.89. The number of amides is 2. The van der Waals surface area contributed by atoms with Crippen molar-refractivity contribution in [1.82, 2.24) is 4.90 Å². The van der Waals surface area contributed by atoms with Crippen LogP contribution in [0, 0.1) is 5.82 Å². The van der Waals surface area contributed by atoms with E-state index in [-0.39, 0.29) is 11.7 Å². The van der Waals surface area contributed by atoms with Gasteiger partial charge in [0.25, 0.3) is 0 Å². The zero-order valence-electron chi connectivity index (χ0n) is 9.46. The molecule has 0 aliphatic carbocycles. The summed E-state index contributed by atoms with van der Waals surface area (Å²) in [6.45, 7) is 4.89. The maximum Gasteiger partial charge on any atom is 0.321 e. The Hall–Kier alpha value is -1.78. The first kappa shape index (κ1) is 12.3. The van der Waals surface area contributed by atoms with Crippen LogP contribution in [0.2, 0.25) is 0 Å². The number of benzene rings is 1. The van der Waals surface area contributed by atoms with E-state index in [4.69, 9.17) is 5.73 Å². The van der Waals surface area contributed by atoms with Gasteiger partial charge in [0.1, 0.15) is 5.82 Å². The summed E-state index contributed by atoms with van der Waals surface area (Å²) in [5.41, 5.74) is 5.88. The lowest BCUT2D eigenvalue weighted by Gasteiger charge is -2.19. The third kappa shape index (κ3) is 2.85. The van der Waals surface area contributed by atoms with E-state index in [1.54, 1.807) is 11.0 Å². The number of rotatable bonds is 3. The number of anilines is 2. The van der Waals surface area contributed by atoms with Gasteiger partial charge in [-0.25, -0.2) is 9.18 Å². The van der Waals surface area contributed by atoms with Crippen molar-refractivity contribution in [2.24, 2.45) is 0 Å². The van der Waals surface area contributed by atoms with E-state index in [0.29, 0.717) is 18.8 Å². The monoisotopic (exact) mass is 225 g/mol. The molecule has 0 bridgehead atoms. The van der Waals surface area contributed by atoms with Crippen LogP contribution in [0.1, 0.15) is 13.8 Å². The molecule has 0 spiro atoms. The van der Waals surface area contributed by atoms with Crippen molar-refractivity contribution >= 4 is 17.4 Å². The summed E-state index contributed by atoms with van der Waals surface area (Å²) in [7, 11) is 0. The lowest BCUT2D eigenvalue weighted by atomic mass is 10.2. The van der Waals surface area contributed by atoms with Crippen LogP contribution in [0.15, 0.2) is 18.2 Å². The third-order valence-corrected chi connectivity index (χ3v) is 2.29. The molecule has 0 heterocycles. The van der Waals surface area contributed by atoms with Gasteiger partial charge in [0.2, 0.25) is 0 Å². The van der Waals surface area contributed by atoms with E-state index in [1.807, 2.05) is 13.8 Å². The number of halogens is 1. The average molecular weight is 225 g/mol. The van der Waals surface area contributed by atoms with E-state index in [1.165, 1.54) is 12.1 Å². The maximum absolute atomic E-state index is 13.4. The van der Waals surface area contributed by atoms with Crippen molar-refractivity contribution < 1.29 is 9.18 Å². The Labute approximate surface area is 94.2 Å². The zero-order chi connectivity index (χ0) is 12.1. The summed E-state index contributed by atoms with van der Waals surface area (Å²) >= 11 is 0. The molecule has 3 N–H and O–H groups in total. The fourth-order valence-electron chi connectivity index (χ4n) is 1.34. The van der Waals surface area contributed by atoms with Crippen LogP contribution in [0.5, 0.6) is 0 Å². The van der Waals surface area contributed by atoms with Gasteiger partial charge < -0.3 is 16.0 Å². The molecule has 4 nitrogen and oxygen atoms in total. The number of nitrogens with zero attached hydrogens (tertiary/aromatic N) is 1. The Balaban J connectivity index is 2.76. The predicted octanol–water partition coefficient (Wildman–Crippen LogP) is 2.28. The van der Waals surface area contributed by atoms with Crippen LogP contribution in [0.3, 0.4) is 0 Å². The van der Waals surface area contributed by atoms with E-state index < -0.39 is 5.82 Å². The lowest BCUT2D eigenvalue weighted by Crippen LogP contribution is -2.34. The first-order valence-electron chi connectivity index (χ1n) is 5.19. The smallest absolute Gasteiger partial charge is 0.321 e. The minimum absolute atomic E-state index is 0.145. The van der Waals surface area contributed by atoms with Crippen molar-refractivity contribution in [2.75, 3.05) is 24.1 Å². The molecule has 0 atom stereocenters. The fraction of sp³-hybridized carbons (Fsp3) is 0.364. The molecule has 1 aromatic carbocycles. The normalized spacial score (nSPS) is 9.94. The number of hydrogen-bond donors (Lipinski definition) is 2. The van der Waals surface area contributed by atoms with Crippen LogP contribution in [-0.2, 0) is 0 Å². The molecule has 0 radical (unpaired) electrons. The molecule has 1 rings (SSSR count). The lowest BCUT2D eigenvalue weighted by molar-refractivity contribution is 0.217. The van der Waals surface area contributed by atoms with E-state index >= 15 is 0 Å². The number of nitrogen functional groups attached to an aromatic ring is 1. The molecule has 0 aliphatic rings. The summed E-state index contributed by atoms with van der Waals surface area (Å²) in [6.07, 6.45) is 0. The van der Waals surface area contributed by atoms with Crippen molar-refractivity contribution in [1.29, 1.82) is 0 Å². The number of nitrogens with one attached hydrogen (secondary N) is 1. The Kier molecular flexibility index (Phi) is 4.10. The van der Waals surface area contributed by atoms with Crippen LogP contribution < -0.4 is 11.1 Å². The number of carbonyl (C=O) groups excluding carboxylic acids is 1. The highest BCUT2D eigenvalue weighted by Crippen LogP contribution is 2.17. The predicted molar refractivity (Wildman–Crippen MR) is 62.8 cm³/mol. The number of carbonyl (C=O) groups is 1. The first-order chi connectivity index (χ1) is 7.58. The minimum atomic E-state index is -0.527. The number of nitrogens with two attached hydrogens (primary N) is 1. The summed E-state index contributed by atoms with van der Waals surface area (Å²) in [4.78, 5) is 13.2. The van der Waals surface area contributed by atoms with E-state index in [0.717, 1.165) is 0 Å². The summed E-state index contributed by atoms with van der Waals surface area (Å²) < 4.78 is 13.4. The standard InChI is InChI=1S/C11H16FN3O/c1-3-15(4-2)11(16)14-10-6-5-8(13)7-9(10)12/h5-7H,3-4,13H2,1-2H3,(H,14,16). The molecular weight excluding hydrogens is 209 g/mol. The summed E-state index contributed by atoms with van der Waals surface area (Å²) in [5, 5.41) is 2.50. The second kappa shape index (κ2) is 5.34. The topological polar surface area (TPSA) is 58.4 Å². The Morgan fingerprint density at radius 1 is 1.44 bits per heavy atom. The summed E-state index contributed by atoms with van der Waals surface area (Å²) in [6, 6.07) is 3.86.